The number of aromatic nitrogens is 2. The average Bonchev–Trinajstić information content (AvgIpc) is 3.22. The number of amides is 3. The minimum Gasteiger partial charge on any atom is -0.340 e. The summed E-state index contributed by atoms with van der Waals surface area (Å²) in [5.41, 5.74) is 0. The lowest BCUT2D eigenvalue weighted by atomic mass is 9.97. The minimum absolute atomic E-state index is 0.00848. The summed E-state index contributed by atoms with van der Waals surface area (Å²) >= 11 is 1.44. The van der Waals surface area contributed by atoms with Crippen molar-refractivity contribution in [3.8, 4) is 0 Å². The van der Waals surface area contributed by atoms with Gasteiger partial charge in [0.1, 0.15) is 12.1 Å². The number of thiophene rings is 1. The van der Waals surface area contributed by atoms with Crippen LogP contribution in [0.2, 0.25) is 0 Å². The maximum atomic E-state index is 13.9. The standard InChI is InChI=1S/C27H29N5O4S/c1-14-28-25(36-30-14)18-12-31(13-18)27(35)21-7-6-19-9-16-8-17(16)10-20(26(34)32(19)21)29-24(33)23-11-15-4-2-3-5-22(15)37-23/h2-5,11,16-21H,6-10,12-13H2,1H3,(H,29,33)/t16-,17+,19-,20+,21+/m1/s1. The van der Waals surface area contributed by atoms with E-state index in [4.69, 9.17) is 4.52 Å². The summed E-state index contributed by atoms with van der Waals surface area (Å²) in [6.07, 6.45) is 4.21. The third-order valence-electron chi connectivity index (χ3n) is 8.56. The molecule has 0 spiro atoms. The fraction of sp³-hybridized carbons (Fsp3) is 0.519. The molecule has 3 aromatic rings. The van der Waals surface area contributed by atoms with Crippen molar-refractivity contribution in [3.05, 3.63) is 46.9 Å². The highest BCUT2D eigenvalue weighted by Gasteiger charge is 2.52. The lowest BCUT2D eigenvalue weighted by Gasteiger charge is -2.41. The molecule has 1 aromatic carbocycles. The average molecular weight is 520 g/mol. The zero-order valence-electron chi connectivity index (χ0n) is 20.6. The van der Waals surface area contributed by atoms with Crippen LogP contribution in [-0.2, 0) is 9.59 Å². The van der Waals surface area contributed by atoms with E-state index in [1.807, 2.05) is 35.2 Å². The van der Waals surface area contributed by atoms with E-state index in [1.54, 1.807) is 11.8 Å². The van der Waals surface area contributed by atoms with Gasteiger partial charge >= 0.3 is 0 Å². The Morgan fingerprint density at radius 1 is 1.11 bits per heavy atom. The Bertz CT molecular complexity index is 1360. The number of rotatable bonds is 4. The van der Waals surface area contributed by atoms with Gasteiger partial charge in [-0.1, -0.05) is 23.4 Å². The van der Waals surface area contributed by atoms with Gasteiger partial charge in [-0.25, -0.2) is 0 Å². The zero-order chi connectivity index (χ0) is 25.3. The number of carbonyl (C=O) groups excluding carboxylic acids is 3. The highest BCUT2D eigenvalue weighted by atomic mass is 32.1. The number of nitrogens with zero attached hydrogens (tertiary/aromatic N) is 4. The van der Waals surface area contributed by atoms with Crippen LogP contribution >= 0.6 is 11.3 Å². The molecule has 1 saturated carbocycles. The van der Waals surface area contributed by atoms with Crippen LogP contribution in [0.5, 0.6) is 0 Å². The number of fused-ring (bicyclic) bond motifs is 3. The first kappa shape index (κ1) is 22.9. The summed E-state index contributed by atoms with van der Waals surface area (Å²) in [5.74, 6) is 1.93. The van der Waals surface area contributed by atoms with Crippen LogP contribution in [0.4, 0.5) is 0 Å². The monoisotopic (exact) mass is 519 g/mol. The van der Waals surface area contributed by atoms with Crippen molar-refractivity contribution < 1.29 is 18.9 Å². The van der Waals surface area contributed by atoms with E-state index in [0.717, 1.165) is 29.3 Å². The Morgan fingerprint density at radius 2 is 1.92 bits per heavy atom. The number of hydrogen-bond donors (Lipinski definition) is 1. The molecule has 1 aliphatic carbocycles. The van der Waals surface area contributed by atoms with Crippen LogP contribution < -0.4 is 5.32 Å². The SMILES string of the molecule is Cc1noc(C2CN(C(=O)[C@@H]3CC[C@@H]4C[C@H]5C[C@H]5C[C@H](NC(=O)c5cc6ccccc6s5)C(=O)N43)C2)n1. The molecule has 4 fully saturated rings. The van der Waals surface area contributed by atoms with E-state index in [1.165, 1.54) is 11.3 Å². The molecule has 1 N–H and O–H groups in total. The Kier molecular flexibility index (Phi) is 5.35. The van der Waals surface area contributed by atoms with Crippen LogP contribution in [-0.4, -0.2) is 68.9 Å². The van der Waals surface area contributed by atoms with Gasteiger partial charge in [0.2, 0.25) is 17.7 Å². The van der Waals surface area contributed by atoms with Crippen molar-refractivity contribution in [2.24, 2.45) is 11.8 Å². The van der Waals surface area contributed by atoms with Crippen molar-refractivity contribution in [1.29, 1.82) is 0 Å². The molecule has 192 valence electrons. The van der Waals surface area contributed by atoms with Crippen molar-refractivity contribution in [2.75, 3.05) is 13.1 Å². The Hall–Kier alpha value is -3.27. The Morgan fingerprint density at radius 3 is 2.70 bits per heavy atom. The number of aryl methyl sites for hydroxylation is 1. The quantitative estimate of drug-likeness (QED) is 0.568. The summed E-state index contributed by atoms with van der Waals surface area (Å²) < 4.78 is 6.32. The molecule has 4 aliphatic rings. The van der Waals surface area contributed by atoms with E-state index >= 15 is 0 Å². The number of hydrogen-bond acceptors (Lipinski definition) is 7. The van der Waals surface area contributed by atoms with Gasteiger partial charge < -0.3 is 19.6 Å². The van der Waals surface area contributed by atoms with E-state index in [2.05, 4.69) is 15.5 Å². The smallest absolute Gasteiger partial charge is 0.262 e. The predicted molar refractivity (Wildman–Crippen MR) is 136 cm³/mol. The van der Waals surface area contributed by atoms with Gasteiger partial charge in [-0.2, -0.15) is 4.98 Å². The minimum atomic E-state index is -0.602. The van der Waals surface area contributed by atoms with Crippen LogP contribution in [0.15, 0.2) is 34.9 Å². The molecule has 0 bridgehead atoms. The fourth-order valence-electron chi connectivity index (χ4n) is 6.46. The molecule has 10 heteroatoms. The normalized spacial score (nSPS) is 29.3. The molecule has 0 radical (unpaired) electrons. The lowest BCUT2D eigenvalue weighted by Crippen LogP contribution is -2.59. The molecular formula is C27H29N5O4S. The second kappa shape index (κ2) is 8.65. The maximum absolute atomic E-state index is 13.9. The molecule has 5 atom stereocenters. The van der Waals surface area contributed by atoms with Gasteiger partial charge in [0, 0.05) is 23.8 Å². The van der Waals surface area contributed by atoms with Crippen LogP contribution in [0.1, 0.15) is 59.4 Å². The second-order valence-corrected chi connectivity index (χ2v) is 12.1. The van der Waals surface area contributed by atoms with Gasteiger partial charge in [0.25, 0.3) is 5.91 Å². The molecular weight excluding hydrogens is 490 g/mol. The van der Waals surface area contributed by atoms with E-state index in [9.17, 15) is 14.4 Å². The molecule has 3 aliphatic heterocycles. The van der Waals surface area contributed by atoms with Crippen molar-refractivity contribution in [3.63, 3.8) is 0 Å². The van der Waals surface area contributed by atoms with Crippen molar-refractivity contribution in [1.82, 2.24) is 25.3 Å². The summed E-state index contributed by atoms with van der Waals surface area (Å²) in [6.45, 7) is 2.84. The highest BCUT2D eigenvalue weighted by Crippen LogP contribution is 2.49. The molecule has 37 heavy (non-hydrogen) atoms. The highest BCUT2D eigenvalue weighted by molar-refractivity contribution is 7.20. The molecule has 9 nitrogen and oxygen atoms in total. The van der Waals surface area contributed by atoms with Gasteiger partial charge in [-0.3, -0.25) is 14.4 Å². The van der Waals surface area contributed by atoms with Crippen molar-refractivity contribution >= 4 is 39.1 Å². The fourth-order valence-corrected chi connectivity index (χ4v) is 7.43. The molecule has 3 amide bonds. The van der Waals surface area contributed by atoms with Gasteiger partial charge in [0.15, 0.2) is 5.82 Å². The molecule has 7 rings (SSSR count). The number of carbonyl (C=O) groups is 3. The number of likely N-dealkylation sites (tertiary alicyclic amines) is 1. The van der Waals surface area contributed by atoms with Crippen LogP contribution in [0, 0.1) is 18.8 Å². The van der Waals surface area contributed by atoms with E-state index in [-0.39, 0.29) is 29.7 Å². The third kappa shape index (κ3) is 4.02. The van der Waals surface area contributed by atoms with E-state index < -0.39 is 12.1 Å². The van der Waals surface area contributed by atoms with E-state index in [0.29, 0.717) is 54.4 Å². The lowest BCUT2D eigenvalue weighted by molar-refractivity contribution is -0.150. The predicted octanol–water partition coefficient (Wildman–Crippen LogP) is 3.11. The summed E-state index contributed by atoms with van der Waals surface area (Å²) in [7, 11) is 0. The molecule has 3 saturated heterocycles. The first-order chi connectivity index (χ1) is 17.9. The van der Waals surface area contributed by atoms with Crippen molar-refractivity contribution in [2.45, 2.75) is 63.1 Å². The maximum Gasteiger partial charge on any atom is 0.262 e. The Balaban J connectivity index is 1.08. The summed E-state index contributed by atoms with van der Waals surface area (Å²) in [5, 5.41) is 7.94. The Labute approximate surface area is 218 Å². The summed E-state index contributed by atoms with van der Waals surface area (Å²) in [6, 6.07) is 8.78. The first-order valence-corrected chi connectivity index (χ1v) is 14.0. The third-order valence-corrected chi connectivity index (χ3v) is 9.68. The molecule has 0 unspecified atom stereocenters. The first-order valence-electron chi connectivity index (χ1n) is 13.1. The zero-order valence-corrected chi connectivity index (χ0v) is 21.4. The van der Waals surface area contributed by atoms with Gasteiger partial charge in [-0.15, -0.1) is 11.3 Å². The number of nitrogens with one attached hydrogen (secondary N) is 1. The molecule has 5 heterocycles. The second-order valence-electron chi connectivity index (χ2n) is 11.0. The largest absolute Gasteiger partial charge is 0.340 e. The van der Waals surface area contributed by atoms with Crippen LogP contribution in [0.3, 0.4) is 0 Å². The topological polar surface area (TPSA) is 109 Å². The number of benzene rings is 1. The van der Waals surface area contributed by atoms with Crippen LogP contribution in [0.25, 0.3) is 10.1 Å². The van der Waals surface area contributed by atoms with Gasteiger partial charge in [0.05, 0.1) is 10.8 Å². The summed E-state index contributed by atoms with van der Waals surface area (Å²) in [4.78, 5) is 49.2. The van der Waals surface area contributed by atoms with Gasteiger partial charge in [-0.05, 0) is 68.4 Å². The molecule has 2 aromatic heterocycles.